The zero-order valence-electron chi connectivity index (χ0n) is 12.9. The molecule has 1 aliphatic heterocycles. The predicted molar refractivity (Wildman–Crippen MR) is 86.3 cm³/mol. The van der Waals surface area contributed by atoms with Crippen LogP contribution in [0.3, 0.4) is 0 Å². The van der Waals surface area contributed by atoms with Crippen molar-refractivity contribution in [2.75, 3.05) is 12.4 Å². The smallest absolute Gasteiger partial charge is 0.148 e. The number of hydrogen-bond donors (Lipinski definition) is 1. The summed E-state index contributed by atoms with van der Waals surface area (Å²) in [7, 11) is 3.77. The highest BCUT2D eigenvalue weighted by Crippen LogP contribution is 2.44. The minimum atomic E-state index is 0.174. The van der Waals surface area contributed by atoms with Crippen molar-refractivity contribution in [1.82, 2.24) is 14.5 Å². The SMILES string of the molecule is COc1ccc2c(c1)c(C1Nc3nccnc3C1C)cn2C. The Hall–Kier alpha value is -2.56. The van der Waals surface area contributed by atoms with Gasteiger partial charge in [-0.3, -0.25) is 4.98 Å². The van der Waals surface area contributed by atoms with Gasteiger partial charge in [0.2, 0.25) is 0 Å². The third-order valence-corrected chi connectivity index (χ3v) is 4.51. The van der Waals surface area contributed by atoms with Gasteiger partial charge >= 0.3 is 0 Å². The Balaban J connectivity index is 1.85. The summed E-state index contributed by atoms with van der Waals surface area (Å²) in [5.41, 5.74) is 3.48. The first-order chi connectivity index (χ1) is 10.7. The number of hydrogen-bond acceptors (Lipinski definition) is 4. The molecule has 0 amide bonds. The van der Waals surface area contributed by atoms with Crippen molar-refractivity contribution >= 4 is 16.7 Å². The van der Waals surface area contributed by atoms with Crippen LogP contribution in [0.2, 0.25) is 0 Å². The summed E-state index contributed by atoms with van der Waals surface area (Å²) in [4.78, 5) is 8.88. The molecule has 0 saturated heterocycles. The van der Waals surface area contributed by atoms with Crippen molar-refractivity contribution in [2.45, 2.75) is 18.9 Å². The Bertz CT molecular complexity index is 855. The van der Waals surface area contributed by atoms with Crippen LogP contribution < -0.4 is 10.1 Å². The molecule has 112 valence electrons. The van der Waals surface area contributed by atoms with Crippen LogP contribution in [0.1, 0.15) is 30.1 Å². The van der Waals surface area contributed by atoms with E-state index in [0.717, 1.165) is 17.3 Å². The fraction of sp³-hybridized carbons (Fsp3) is 0.294. The molecular weight excluding hydrogens is 276 g/mol. The zero-order chi connectivity index (χ0) is 15.3. The minimum absolute atomic E-state index is 0.174. The van der Waals surface area contributed by atoms with Gasteiger partial charge in [0.15, 0.2) is 0 Å². The second-order valence-electron chi connectivity index (χ2n) is 5.78. The third kappa shape index (κ3) is 1.78. The Kier molecular flexibility index (Phi) is 2.82. The van der Waals surface area contributed by atoms with E-state index in [2.05, 4.69) is 52.2 Å². The van der Waals surface area contributed by atoms with Gasteiger partial charge in [0, 0.05) is 48.0 Å². The topological polar surface area (TPSA) is 52.0 Å². The van der Waals surface area contributed by atoms with Gasteiger partial charge in [0.25, 0.3) is 0 Å². The molecular formula is C17H18N4O. The van der Waals surface area contributed by atoms with Crippen LogP contribution in [-0.4, -0.2) is 21.6 Å². The normalized spacial score (nSPS) is 20.0. The molecule has 2 aromatic heterocycles. The average molecular weight is 294 g/mol. The fourth-order valence-corrected chi connectivity index (χ4v) is 3.35. The molecule has 5 nitrogen and oxygen atoms in total. The van der Waals surface area contributed by atoms with Crippen LogP contribution in [0.5, 0.6) is 5.75 Å². The summed E-state index contributed by atoms with van der Waals surface area (Å²) < 4.78 is 7.54. The lowest BCUT2D eigenvalue weighted by Gasteiger charge is -2.15. The van der Waals surface area contributed by atoms with Gasteiger partial charge in [0.1, 0.15) is 11.6 Å². The van der Waals surface area contributed by atoms with Crippen LogP contribution in [0.25, 0.3) is 10.9 Å². The molecule has 1 aliphatic rings. The van der Waals surface area contributed by atoms with Gasteiger partial charge in [-0.2, -0.15) is 0 Å². The van der Waals surface area contributed by atoms with Crippen molar-refractivity contribution in [3.63, 3.8) is 0 Å². The predicted octanol–water partition coefficient (Wildman–Crippen LogP) is 3.25. The Morgan fingerprint density at radius 1 is 1.23 bits per heavy atom. The van der Waals surface area contributed by atoms with Crippen molar-refractivity contribution in [3.8, 4) is 5.75 Å². The maximum atomic E-state index is 5.38. The zero-order valence-corrected chi connectivity index (χ0v) is 12.9. The maximum absolute atomic E-state index is 5.38. The lowest BCUT2D eigenvalue weighted by Crippen LogP contribution is -2.09. The highest BCUT2D eigenvalue weighted by atomic mass is 16.5. The molecule has 0 bridgehead atoms. The van der Waals surface area contributed by atoms with Gasteiger partial charge in [-0.25, -0.2) is 4.98 Å². The number of rotatable bonds is 2. The highest BCUT2D eigenvalue weighted by molar-refractivity contribution is 5.86. The monoisotopic (exact) mass is 294 g/mol. The highest BCUT2D eigenvalue weighted by Gasteiger charge is 2.33. The Labute approximate surface area is 129 Å². The lowest BCUT2D eigenvalue weighted by atomic mass is 9.95. The van der Waals surface area contributed by atoms with Crippen LogP contribution in [0.4, 0.5) is 5.82 Å². The minimum Gasteiger partial charge on any atom is -0.497 e. The number of nitrogens with one attached hydrogen (secondary N) is 1. The third-order valence-electron chi connectivity index (χ3n) is 4.51. The number of aryl methyl sites for hydroxylation is 1. The molecule has 5 heteroatoms. The van der Waals surface area contributed by atoms with Gasteiger partial charge in [-0.15, -0.1) is 0 Å². The summed E-state index contributed by atoms with van der Waals surface area (Å²) >= 11 is 0. The van der Waals surface area contributed by atoms with Crippen LogP contribution >= 0.6 is 0 Å². The van der Waals surface area contributed by atoms with Crippen LogP contribution in [-0.2, 0) is 7.05 Å². The largest absolute Gasteiger partial charge is 0.497 e. The van der Waals surface area contributed by atoms with Crippen LogP contribution in [0, 0.1) is 0 Å². The molecule has 0 saturated carbocycles. The molecule has 3 heterocycles. The Morgan fingerprint density at radius 3 is 2.82 bits per heavy atom. The molecule has 3 aromatic rings. The van der Waals surface area contributed by atoms with Gasteiger partial charge in [-0.05, 0) is 18.2 Å². The van der Waals surface area contributed by atoms with Crippen molar-refractivity contribution in [3.05, 3.63) is 48.0 Å². The first-order valence-corrected chi connectivity index (χ1v) is 7.39. The number of aromatic nitrogens is 3. The Morgan fingerprint density at radius 2 is 2.05 bits per heavy atom. The molecule has 0 fully saturated rings. The number of anilines is 1. The number of nitrogens with zero attached hydrogens (tertiary/aromatic N) is 3. The van der Waals surface area contributed by atoms with Crippen molar-refractivity contribution < 1.29 is 4.74 Å². The average Bonchev–Trinajstić information content (AvgIpc) is 3.05. The van der Waals surface area contributed by atoms with E-state index in [1.807, 2.05) is 6.07 Å². The van der Waals surface area contributed by atoms with E-state index in [1.165, 1.54) is 16.5 Å². The second kappa shape index (κ2) is 4.73. The van der Waals surface area contributed by atoms with E-state index < -0.39 is 0 Å². The summed E-state index contributed by atoms with van der Waals surface area (Å²) in [5.74, 6) is 2.04. The number of ether oxygens (including phenoxy) is 1. The fourth-order valence-electron chi connectivity index (χ4n) is 3.35. The summed E-state index contributed by atoms with van der Waals surface area (Å²) in [6, 6.07) is 6.37. The number of fused-ring (bicyclic) bond motifs is 2. The first kappa shape index (κ1) is 13.1. The molecule has 0 radical (unpaired) electrons. The van der Waals surface area contributed by atoms with Gasteiger partial charge in [0.05, 0.1) is 18.8 Å². The van der Waals surface area contributed by atoms with Gasteiger partial charge in [-0.1, -0.05) is 6.92 Å². The van der Waals surface area contributed by atoms with E-state index in [0.29, 0.717) is 0 Å². The first-order valence-electron chi connectivity index (χ1n) is 7.39. The van der Waals surface area contributed by atoms with E-state index in [9.17, 15) is 0 Å². The van der Waals surface area contributed by atoms with Crippen LogP contribution in [0.15, 0.2) is 36.8 Å². The van der Waals surface area contributed by atoms with Crippen molar-refractivity contribution in [1.29, 1.82) is 0 Å². The molecule has 2 atom stereocenters. The molecule has 22 heavy (non-hydrogen) atoms. The number of benzene rings is 1. The summed E-state index contributed by atoms with van der Waals surface area (Å²) in [5, 5.41) is 4.72. The molecule has 4 rings (SSSR count). The standard InChI is InChI=1S/C17H18N4O/c1-10-15(20-17-16(10)18-6-7-19-17)13-9-21(2)14-5-4-11(22-3)8-12(13)14/h4-10,15H,1-3H3,(H,19,20). The second-order valence-corrected chi connectivity index (χ2v) is 5.78. The molecule has 2 unspecified atom stereocenters. The van der Waals surface area contributed by atoms with E-state index in [-0.39, 0.29) is 12.0 Å². The van der Waals surface area contributed by atoms with Crippen molar-refractivity contribution in [2.24, 2.45) is 7.05 Å². The molecule has 0 aliphatic carbocycles. The lowest BCUT2D eigenvalue weighted by molar-refractivity contribution is 0.415. The number of methoxy groups -OCH3 is 1. The van der Waals surface area contributed by atoms with E-state index in [1.54, 1.807) is 19.5 Å². The maximum Gasteiger partial charge on any atom is 0.148 e. The van der Waals surface area contributed by atoms with Gasteiger partial charge < -0.3 is 14.6 Å². The van der Waals surface area contributed by atoms with E-state index in [4.69, 9.17) is 4.74 Å². The van der Waals surface area contributed by atoms with E-state index >= 15 is 0 Å². The summed E-state index contributed by atoms with van der Waals surface area (Å²) in [6.45, 7) is 2.19. The quantitative estimate of drug-likeness (QED) is 0.788. The molecule has 1 aromatic carbocycles. The molecule has 0 spiro atoms. The summed E-state index contributed by atoms with van der Waals surface area (Å²) in [6.07, 6.45) is 5.67. The molecule has 1 N–H and O–H groups in total.